The van der Waals surface area contributed by atoms with Crippen LogP contribution in [-0.2, 0) is 0 Å². The van der Waals surface area contributed by atoms with Crippen molar-refractivity contribution >= 4 is 5.96 Å². The van der Waals surface area contributed by atoms with Gasteiger partial charge in [0.1, 0.15) is 0 Å². The van der Waals surface area contributed by atoms with Crippen LogP contribution in [0.5, 0.6) is 0 Å². The molecule has 1 fully saturated rings. The summed E-state index contributed by atoms with van der Waals surface area (Å²) in [5.74, 6) is 0.929. The molecular formula is C12H25N3. The third-order valence-corrected chi connectivity index (χ3v) is 3.14. The molecule has 0 heterocycles. The Labute approximate surface area is 93.7 Å². The molecule has 0 amide bonds. The standard InChI is InChI=1S/C12H25N3/c1-10(2)15-11(13-4)14-9-12(3)7-5-6-8-12/h10H,5-9H2,1-4H3,(H2,13,14,15). The minimum Gasteiger partial charge on any atom is -0.356 e. The monoisotopic (exact) mass is 211 g/mol. The molecule has 0 spiro atoms. The summed E-state index contributed by atoms with van der Waals surface area (Å²) in [7, 11) is 1.83. The number of nitrogens with zero attached hydrogens (tertiary/aromatic N) is 1. The third-order valence-electron chi connectivity index (χ3n) is 3.14. The van der Waals surface area contributed by atoms with Crippen LogP contribution >= 0.6 is 0 Å². The van der Waals surface area contributed by atoms with Crippen LogP contribution in [0, 0.1) is 5.41 Å². The van der Waals surface area contributed by atoms with Crippen molar-refractivity contribution in [3.05, 3.63) is 0 Å². The third kappa shape index (κ3) is 4.10. The maximum absolute atomic E-state index is 4.21. The largest absolute Gasteiger partial charge is 0.356 e. The molecule has 3 heteroatoms. The Morgan fingerprint density at radius 2 is 1.93 bits per heavy atom. The van der Waals surface area contributed by atoms with E-state index in [0.29, 0.717) is 11.5 Å². The highest BCUT2D eigenvalue weighted by Gasteiger charge is 2.28. The maximum atomic E-state index is 4.21. The second kappa shape index (κ2) is 5.38. The number of hydrogen-bond acceptors (Lipinski definition) is 1. The van der Waals surface area contributed by atoms with Crippen LogP contribution in [0.25, 0.3) is 0 Å². The Hall–Kier alpha value is -0.730. The van der Waals surface area contributed by atoms with Crippen LogP contribution in [0.1, 0.15) is 46.5 Å². The van der Waals surface area contributed by atoms with Gasteiger partial charge in [-0.3, -0.25) is 4.99 Å². The van der Waals surface area contributed by atoms with E-state index < -0.39 is 0 Å². The molecule has 1 rings (SSSR count). The lowest BCUT2D eigenvalue weighted by molar-refractivity contribution is 0.333. The van der Waals surface area contributed by atoms with Gasteiger partial charge in [0.2, 0.25) is 0 Å². The normalized spacial score (nSPS) is 20.7. The number of guanidine groups is 1. The van der Waals surface area contributed by atoms with E-state index in [1.165, 1.54) is 25.7 Å². The number of nitrogens with one attached hydrogen (secondary N) is 2. The molecule has 3 nitrogen and oxygen atoms in total. The van der Waals surface area contributed by atoms with Crippen molar-refractivity contribution in [3.8, 4) is 0 Å². The first-order valence-corrected chi connectivity index (χ1v) is 6.03. The highest BCUT2D eigenvalue weighted by molar-refractivity contribution is 5.79. The Kier molecular flexibility index (Phi) is 4.43. The average Bonchev–Trinajstić information content (AvgIpc) is 2.60. The molecule has 0 aromatic heterocycles. The van der Waals surface area contributed by atoms with Crippen molar-refractivity contribution in [3.63, 3.8) is 0 Å². The van der Waals surface area contributed by atoms with E-state index in [1.807, 2.05) is 7.05 Å². The molecule has 0 aromatic carbocycles. The first-order valence-electron chi connectivity index (χ1n) is 6.03. The fourth-order valence-corrected chi connectivity index (χ4v) is 2.17. The van der Waals surface area contributed by atoms with Gasteiger partial charge in [0.15, 0.2) is 5.96 Å². The second-order valence-electron chi connectivity index (χ2n) is 5.24. The predicted molar refractivity (Wildman–Crippen MR) is 66.2 cm³/mol. The summed E-state index contributed by atoms with van der Waals surface area (Å²) < 4.78 is 0. The molecule has 0 aromatic rings. The van der Waals surface area contributed by atoms with Crippen molar-refractivity contribution in [2.45, 2.75) is 52.5 Å². The van der Waals surface area contributed by atoms with Crippen LogP contribution in [0.15, 0.2) is 4.99 Å². The van der Waals surface area contributed by atoms with Gasteiger partial charge in [0.25, 0.3) is 0 Å². The lowest BCUT2D eigenvalue weighted by Gasteiger charge is -2.25. The van der Waals surface area contributed by atoms with Crippen molar-refractivity contribution in [1.29, 1.82) is 0 Å². The zero-order valence-electron chi connectivity index (χ0n) is 10.6. The molecule has 1 saturated carbocycles. The van der Waals surface area contributed by atoms with Crippen LogP contribution in [0.2, 0.25) is 0 Å². The molecule has 88 valence electrons. The van der Waals surface area contributed by atoms with Gasteiger partial charge in [-0.25, -0.2) is 0 Å². The topological polar surface area (TPSA) is 36.4 Å². The highest BCUT2D eigenvalue weighted by atomic mass is 15.2. The Bertz CT molecular complexity index is 215. The number of rotatable bonds is 3. The van der Waals surface area contributed by atoms with Gasteiger partial charge in [0.05, 0.1) is 0 Å². The summed E-state index contributed by atoms with van der Waals surface area (Å²) in [6, 6.07) is 0.438. The van der Waals surface area contributed by atoms with E-state index in [9.17, 15) is 0 Å². The summed E-state index contributed by atoms with van der Waals surface area (Å²) in [5.41, 5.74) is 0.481. The van der Waals surface area contributed by atoms with Crippen LogP contribution in [0.3, 0.4) is 0 Å². The molecule has 15 heavy (non-hydrogen) atoms. The smallest absolute Gasteiger partial charge is 0.191 e. The van der Waals surface area contributed by atoms with E-state index in [1.54, 1.807) is 0 Å². The van der Waals surface area contributed by atoms with Crippen molar-refractivity contribution in [2.24, 2.45) is 10.4 Å². The van der Waals surface area contributed by atoms with Crippen LogP contribution < -0.4 is 10.6 Å². The van der Waals surface area contributed by atoms with Gasteiger partial charge in [0, 0.05) is 19.6 Å². The van der Waals surface area contributed by atoms with Gasteiger partial charge in [-0.1, -0.05) is 19.8 Å². The van der Waals surface area contributed by atoms with Gasteiger partial charge in [-0.05, 0) is 32.1 Å². The molecule has 0 atom stereocenters. The van der Waals surface area contributed by atoms with Gasteiger partial charge in [-0.2, -0.15) is 0 Å². The zero-order valence-corrected chi connectivity index (χ0v) is 10.6. The van der Waals surface area contributed by atoms with Crippen LogP contribution in [0.4, 0.5) is 0 Å². The molecule has 0 aliphatic heterocycles. The van der Waals surface area contributed by atoms with E-state index >= 15 is 0 Å². The molecule has 2 N–H and O–H groups in total. The lowest BCUT2D eigenvalue weighted by Crippen LogP contribution is -2.44. The Morgan fingerprint density at radius 3 is 2.40 bits per heavy atom. The minimum atomic E-state index is 0.438. The van der Waals surface area contributed by atoms with Crippen LogP contribution in [-0.4, -0.2) is 25.6 Å². The van der Waals surface area contributed by atoms with Crippen molar-refractivity contribution in [2.75, 3.05) is 13.6 Å². The van der Waals surface area contributed by atoms with E-state index in [0.717, 1.165) is 12.5 Å². The summed E-state index contributed by atoms with van der Waals surface area (Å²) in [4.78, 5) is 4.21. The fraction of sp³-hybridized carbons (Fsp3) is 0.917. The summed E-state index contributed by atoms with van der Waals surface area (Å²) in [6.45, 7) is 7.67. The van der Waals surface area contributed by atoms with Gasteiger partial charge < -0.3 is 10.6 Å². The van der Waals surface area contributed by atoms with Crippen molar-refractivity contribution < 1.29 is 0 Å². The Balaban J connectivity index is 2.34. The predicted octanol–water partition coefficient (Wildman–Crippen LogP) is 2.14. The molecule has 0 saturated heterocycles. The Morgan fingerprint density at radius 1 is 1.33 bits per heavy atom. The maximum Gasteiger partial charge on any atom is 0.191 e. The van der Waals surface area contributed by atoms with E-state index in [-0.39, 0.29) is 0 Å². The molecule has 1 aliphatic carbocycles. The van der Waals surface area contributed by atoms with Crippen molar-refractivity contribution in [1.82, 2.24) is 10.6 Å². The molecule has 0 bridgehead atoms. The average molecular weight is 211 g/mol. The quantitative estimate of drug-likeness (QED) is 0.554. The lowest BCUT2D eigenvalue weighted by atomic mass is 9.89. The highest BCUT2D eigenvalue weighted by Crippen LogP contribution is 2.36. The molecule has 0 unspecified atom stereocenters. The zero-order chi connectivity index (χ0) is 11.3. The van der Waals surface area contributed by atoms with E-state index in [4.69, 9.17) is 0 Å². The summed E-state index contributed by atoms with van der Waals surface area (Å²) >= 11 is 0. The SMILES string of the molecule is CN=C(NCC1(C)CCCC1)NC(C)C. The number of aliphatic imine (C=N–C) groups is 1. The summed E-state index contributed by atoms with van der Waals surface area (Å²) in [5, 5.41) is 6.73. The van der Waals surface area contributed by atoms with Gasteiger partial charge >= 0.3 is 0 Å². The minimum absolute atomic E-state index is 0.438. The fourth-order valence-electron chi connectivity index (χ4n) is 2.17. The summed E-state index contributed by atoms with van der Waals surface area (Å²) in [6.07, 6.45) is 5.46. The second-order valence-corrected chi connectivity index (χ2v) is 5.24. The van der Waals surface area contributed by atoms with Gasteiger partial charge in [-0.15, -0.1) is 0 Å². The molecule has 0 radical (unpaired) electrons. The molecular weight excluding hydrogens is 186 g/mol. The first-order chi connectivity index (χ1) is 7.06. The number of hydrogen-bond donors (Lipinski definition) is 2. The first kappa shape index (κ1) is 12.3. The van der Waals surface area contributed by atoms with E-state index in [2.05, 4.69) is 36.4 Å². The molecule has 1 aliphatic rings.